The molecular weight excluding hydrogens is 455 g/mol. The van der Waals surface area contributed by atoms with Gasteiger partial charge >= 0.3 is 0 Å². The summed E-state index contributed by atoms with van der Waals surface area (Å²) in [6, 6.07) is 8.08. The third kappa shape index (κ3) is 6.08. The number of hydrogen-bond donors (Lipinski definition) is 1. The molecule has 1 N–H and O–H groups in total. The van der Waals surface area contributed by atoms with E-state index in [2.05, 4.69) is 44.0 Å². The molecule has 0 bridgehead atoms. The SMILES string of the molecule is CCc1nncn1CCNC(=NCc1ccc(OC)cc1)N1CCCC1.I. The molecule has 7 nitrogen and oxygen atoms in total. The first-order chi connectivity index (χ1) is 12.8. The maximum Gasteiger partial charge on any atom is 0.194 e. The molecule has 0 radical (unpaired) electrons. The van der Waals surface area contributed by atoms with Crippen molar-refractivity contribution in [3.8, 4) is 5.75 Å². The van der Waals surface area contributed by atoms with E-state index < -0.39 is 0 Å². The lowest BCUT2D eigenvalue weighted by Crippen LogP contribution is -2.41. The largest absolute Gasteiger partial charge is 0.497 e. The maximum atomic E-state index is 5.21. The number of benzene rings is 1. The van der Waals surface area contributed by atoms with Crippen LogP contribution in [0, 0.1) is 0 Å². The van der Waals surface area contributed by atoms with Gasteiger partial charge in [0.2, 0.25) is 0 Å². The number of halogens is 1. The van der Waals surface area contributed by atoms with Crippen molar-refractivity contribution < 1.29 is 4.74 Å². The fourth-order valence-corrected chi connectivity index (χ4v) is 3.12. The van der Waals surface area contributed by atoms with Gasteiger partial charge in [-0.25, -0.2) is 4.99 Å². The van der Waals surface area contributed by atoms with Crippen LogP contribution in [0.15, 0.2) is 35.6 Å². The summed E-state index contributed by atoms with van der Waals surface area (Å²) in [5.74, 6) is 2.88. The molecule has 0 amide bonds. The van der Waals surface area contributed by atoms with Crippen molar-refractivity contribution in [1.29, 1.82) is 0 Å². The highest BCUT2D eigenvalue weighted by molar-refractivity contribution is 14.0. The standard InChI is InChI=1S/C19H28N6O.HI/c1-3-18-23-22-15-25(18)13-10-20-19(24-11-4-5-12-24)21-14-16-6-8-17(26-2)9-7-16;/h6-9,15H,3-5,10-14H2,1-2H3,(H,20,21);1H. The summed E-state index contributed by atoms with van der Waals surface area (Å²) in [7, 11) is 1.68. The second-order valence-electron chi connectivity index (χ2n) is 6.40. The van der Waals surface area contributed by atoms with Gasteiger partial charge in [0, 0.05) is 32.6 Å². The minimum Gasteiger partial charge on any atom is -0.497 e. The van der Waals surface area contributed by atoms with Crippen molar-refractivity contribution in [3.63, 3.8) is 0 Å². The zero-order valence-electron chi connectivity index (χ0n) is 16.1. The minimum atomic E-state index is 0. The normalized spacial score (nSPS) is 14.1. The summed E-state index contributed by atoms with van der Waals surface area (Å²) in [6.07, 6.45) is 5.15. The molecule has 3 rings (SSSR count). The van der Waals surface area contributed by atoms with Crippen LogP contribution >= 0.6 is 24.0 Å². The fraction of sp³-hybridized carbons (Fsp3) is 0.526. The van der Waals surface area contributed by atoms with Crippen LogP contribution in [-0.4, -0.2) is 52.4 Å². The second kappa shape index (κ2) is 11.1. The van der Waals surface area contributed by atoms with Crippen molar-refractivity contribution in [1.82, 2.24) is 25.0 Å². The molecule has 0 aliphatic carbocycles. The van der Waals surface area contributed by atoms with Crippen LogP contribution in [0.25, 0.3) is 0 Å². The minimum absolute atomic E-state index is 0. The lowest BCUT2D eigenvalue weighted by Gasteiger charge is -2.21. The Balaban J connectivity index is 0.00000261. The van der Waals surface area contributed by atoms with E-state index in [0.29, 0.717) is 6.54 Å². The van der Waals surface area contributed by atoms with Gasteiger partial charge in [-0.1, -0.05) is 19.1 Å². The summed E-state index contributed by atoms with van der Waals surface area (Å²) in [6.45, 7) is 6.55. The van der Waals surface area contributed by atoms with Crippen molar-refractivity contribution in [2.45, 2.75) is 39.3 Å². The van der Waals surface area contributed by atoms with Gasteiger partial charge in [0.25, 0.3) is 0 Å². The predicted octanol–water partition coefficient (Wildman–Crippen LogP) is 2.71. The number of hydrogen-bond acceptors (Lipinski definition) is 4. The Hall–Kier alpha value is -1.84. The highest BCUT2D eigenvalue weighted by Crippen LogP contribution is 2.13. The highest BCUT2D eigenvalue weighted by atomic mass is 127. The van der Waals surface area contributed by atoms with Gasteiger partial charge in [0.15, 0.2) is 5.96 Å². The zero-order chi connectivity index (χ0) is 18.2. The number of nitrogens with zero attached hydrogens (tertiary/aromatic N) is 5. The number of ether oxygens (including phenoxy) is 1. The smallest absolute Gasteiger partial charge is 0.194 e. The third-order valence-electron chi connectivity index (χ3n) is 4.62. The topological polar surface area (TPSA) is 67.6 Å². The molecule has 8 heteroatoms. The fourth-order valence-electron chi connectivity index (χ4n) is 3.12. The van der Waals surface area contributed by atoms with E-state index >= 15 is 0 Å². The molecule has 1 saturated heterocycles. The van der Waals surface area contributed by atoms with Gasteiger partial charge in [-0.2, -0.15) is 0 Å². The van der Waals surface area contributed by atoms with Crippen LogP contribution in [0.5, 0.6) is 5.75 Å². The third-order valence-corrected chi connectivity index (χ3v) is 4.62. The zero-order valence-corrected chi connectivity index (χ0v) is 18.4. The van der Waals surface area contributed by atoms with Crippen LogP contribution in [0.1, 0.15) is 31.2 Å². The number of aryl methyl sites for hydroxylation is 1. The quantitative estimate of drug-likeness (QED) is 0.372. The number of likely N-dealkylation sites (tertiary alicyclic amines) is 1. The molecule has 1 aliphatic heterocycles. The molecule has 0 unspecified atom stereocenters. The van der Waals surface area contributed by atoms with Gasteiger partial charge in [0.05, 0.1) is 13.7 Å². The Morgan fingerprint density at radius 2 is 1.96 bits per heavy atom. The van der Waals surface area contributed by atoms with Crippen molar-refractivity contribution in [2.24, 2.45) is 4.99 Å². The van der Waals surface area contributed by atoms with E-state index in [1.54, 1.807) is 13.4 Å². The number of nitrogens with one attached hydrogen (secondary N) is 1. The molecular formula is C19H29IN6O. The average molecular weight is 484 g/mol. The molecule has 1 aromatic carbocycles. The van der Waals surface area contributed by atoms with E-state index in [0.717, 1.165) is 50.1 Å². The summed E-state index contributed by atoms with van der Waals surface area (Å²) < 4.78 is 7.31. The first-order valence-electron chi connectivity index (χ1n) is 9.33. The Kier molecular flexibility index (Phi) is 8.83. The maximum absolute atomic E-state index is 5.21. The first-order valence-corrected chi connectivity index (χ1v) is 9.33. The highest BCUT2D eigenvalue weighted by Gasteiger charge is 2.16. The molecule has 27 heavy (non-hydrogen) atoms. The summed E-state index contributed by atoms with van der Waals surface area (Å²) in [5, 5.41) is 11.6. The van der Waals surface area contributed by atoms with Crippen LogP contribution in [-0.2, 0) is 19.5 Å². The summed E-state index contributed by atoms with van der Waals surface area (Å²) in [4.78, 5) is 7.19. The Labute approximate surface area is 178 Å². The van der Waals surface area contributed by atoms with Gasteiger partial charge < -0.3 is 19.5 Å². The Bertz CT molecular complexity index is 709. The van der Waals surface area contributed by atoms with E-state index in [4.69, 9.17) is 9.73 Å². The molecule has 2 heterocycles. The van der Waals surface area contributed by atoms with Gasteiger partial charge in [-0.15, -0.1) is 34.2 Å². The van der Waals surface area contributed by atoms with E-state index in [1.165, 1.54) is 18.4 Å². The summed E-state index contributed by atoms with van der Waals surface area (Å²) in [5.41, 5.74) is 1.18. The van der Waals surface area contributed by atoms with Crippen LogP contribution in [0.3, 0.4) is 0 Å². The number of aliphatic imine (C=N–C) groups is 1. The number of aromatic nitrogens is 3. The molecule has 1 fully saturated rings. The number of guanidine groups is 1. The second-order valence-corrected chi connectivity index (χ2v) is 6.40. The molecule has 0 saturated carbocycles. The number of methoxy groups -OCH3 is 1. The molecule has 148 valence electrons. The molecule has 1 aliphatic rings. The van der Waals surface area contributed by atoms with Crippen molar-refractivity contribution in [2.75, 3.05) is 26.7 Å². The molecule has 2 aromatic rings. The summed E-state index contributed by atoms with van der Waals surface area (Å²) >= 11 is 0. The van der Waals surface area contributed by atoms with E-state index in [9.17, 15) is 0 Å². The molecule has 0 spiro atoms. The first kappa shape index (κ1) is 21.5. The van der Waals surface area contributed by atoms with Crippen molar-refractivity contribution >= 4 is 29.9 Å². The Morgan fingerprint density at radius 3 is 2.63 bits per heavy atom. The predicted molar refractivity (Wildman–Crippen MR) is 118 cm³/mol. The van der Waals surface area contributed by atoms with Gasteiger partial charge in [0.1, 0.15) is 17.9 Å². The van der Waals surface area contributed by atoms with E-state index in [-0.39, 0.29) is 24.0 Å². The number of rotatable bonds is 7. The van der Waals surface area contributed by atoms with E-state index in [1.807, 2.05) is 12.1 Å². The Morgan fingerprint density at radius 1 is 1.22 bits per heavy atom. The van der Waals surface area contributed by atoms with Crippen LogP contribution in [0.2, 0.25) is 0 Å². The van der Waals surface area contributed by atoms with Crippen molar-refractivity contribution in [3.05, 3.63) is 42.0 Å². The lowest BCUT2D eigenvalue weighted by atomic mass is 10.2. The average Bonchev–Trinajstić information content (AvgIpc) is 3.36. The molecule has 1 aromatic heterocycles. The van der Waals surface area contributed by atoms with Gasteiger partial charge in [-0.05, 0) is 30.5 Å². The van der Waals surface area contributed by atoms with Crippen LogP contribution in [0.4, 0.5) is 0 Å². The van der Waals surface area contributed by atoms with Gasteiger partial charge in [-0.3, -0.25) is 0 Å². The lowest BCUT2D eigenvalue weighted by molar-refractivity contribution is 0.414. The van der Waals surface area contributed by atoms with Crippen LogP contribution < -0.4 is 10.1 Å². The molecule has 0 atom stereocenters. The monoisotopic (exact) mass is 484 g/mol.